The van der Waals surface area contributed by atoms with Crippen LogP contribution in [0.3, 0.4) is 0 Å². The predicted octanol–water partition coefficient (Wildman–Crippen LogP) is 6.84. The molecule has 1 atom stereocenters. The van der Waals surface area contributed by atoms with E-state index in [4.69, 9.17) is 0 Å². The van der Waals surface area contributed by atoms with Crippen LogP contribution in [0.15, 0.2) is 66.7 Å². The highest BCUT2D eigenvalue weighted by Gasteiger charge is 2.33. The molecular weight excluding hydrogens is 474 g/mol. The van der Waals surface area contributed by atoms with E-state index < -0.39 is 23.0 Å². The fourth-order valence-electron chi connectivity index (χ4n) is 4.90. The van der Waals surface area contributed by atoms with Crippen LogP contribution in [-0.4, -0.2) is 21.6 Å². The van der Waals surface area contributed by atoms with Gasteiger partial charge >= 0.3 is 5.97 Å². The van der Waals surface area contributed by atoms with Crippen molar-refractivity contribution in [2.45, 2.75) is 52.1 Å². The first-order valence-corrected chi connectivity index (χ1v) is 12.2. The van der Waals surface area contributed by atoms with Gasteiger partial charge in [-0.3, -0.25) is 4.79 Å². The number of nitrogens with zero attached hydrogens (tertiary/aromatic N) is 1. The van der Waals surface area contributed by atoms with Gasteiger partial charge in [0, 0.05) is 23.0 Å². The molecule has 3 aromatic carbocycles. The van der Waals surface area contributed by atoms with Crippen molar-refractivity contribution in [3.8, 4) is 0 Å². The SMILES string of the molecule is CCC(c1ccccc1)n1c(C(C)(C)C)c(C(=O)NCc2ccc(F)c(F)c2)c2ccc(C(=O)O)cc21. The van der Waals surface area contributed by atoms with E-state index in [1.807, 2.05) is 51.1 Å². The van der Waals surface area contributed by atoms with Crippen LogP contribution in [0.4, 0.5) is 8.78 Å². The predicted molar refractivity (Wildman–Crippen MR) is 140 cm³/mol. The minimum Gasteiger partial charge on any atom is -0.478 e. The van der Waals surface area contributed by atoms with Gasteiger partial charge in [0.25, 0.3) is 5.91 Å². The van der Waals surface area contributed by atoms with Crippen LogP contribution in [0.25, 0.3) is 10.9 Å². The molecule has 1 aromatic heterocycles. The van der Waals surface area contributed by atoms with Crippen molar-refractivity contribution >= 4 is 22.8 Å². The van der Waals surface area contributed by atoms with E-state index >= 15 is 0 Å². The molecule has 0 fully saturated rings. The van der Waals surface area contributed by atoms with E-state index in [1.54, 1.807) is 12.1 Å². The lowest BCUT2D eigenvalue weighted by Gasteiger charge is -2.29. The van der Waals surface area contributed by atoms with Crippen LogP contribution in [0.2, 0.25) is 0 Å². The monoisotopic (exact) mass is 504 g/mol. The lowest BCUT2D eigenvalue weighted by Crippen LogP contribution is -2.29. The highest BCUT2D eigenvalue weighted by atomic mass is 19.2. The molecule has 5 nitrogen and oxygen atoms in total. The fourth-order valence-corrected chi connectivity index (χ4v) is 4.90. The molecule has 0 saturated heterocycles. The standard InChI is InChI=1S/C30H30F2N2O3/c1-5-24(19-9-7-6-8-10-19)34-25-16-20(29(36)37)12-13-21(25)26(27(34)30(2,3)4)28(35)33-17-18-11-14-22(31)23(32)15-18/h6-16,24H,5,17H2,1-4H3,(H,33,35)(H,36,37). The molecule has 4 aromatic rings. The fraction of sp³-hybridized carbons (Fsp3) is 0.267. The lowest BCUT2D eigenvalue weighted by atomic mass is 9.87. The van der Waals surface area contributed by atoms with Crippen molar-refractivity contribution in [3.05, 3.63) is 106 Å². The summed E-state index contributed by atoms with van der Waals surface area (Å²) in [4.78, 5) is 25.6. The molecule has 0 bridgehead atoms. The number of rotatable bonds is 7. The lowest BCUT2D eigenvalue weighted by molar-refractivity contribution is 0.0696. The highest BCUT2D eigenvalue weighted by Crippen LogP contribution is 2.40. The molecule has 1 heterocycles. The maximum absolute atomic E-state index is 13.7. The summed E-state index contributed by atoms with van der Waals surface area (Å²) in [5, 5.41) is 13.2. The second kappa shape index (κ2) is 10.2. The summed E-state index contributed by atoms with van der Waals surface area (Å²) in [6.07, 6.45) is 0.712. The van der Waals surface area contributed by atoms with E-state index in [9.17, 15) is 23.5 Å². The largest absolute Gasteiger partial charge is 0.478 e. The van der Waals surface area contributed by atoms with Crippen molar-refractivity contribution in [2.24, 2.45) is 0 Å². The number of carboxylic acid groups (broad SMARTS) is 1. The van der Waals surface area contributed by atoms with Gasteiger partial charge in [-0.05, 0) is 41.8 Å². The Kier molecular flexibility index (Phi) is 7.16. The number of aromatic carboxylic acids is 1. The zero-order valence-electron chi connectivity index (χ0n) is 21.3. The highest BCUT2D eigenvalue weighted by molar-refractivity contribution is 6.10. The Balaban J connectivity index is 1.93. The number of benzene rings is 3. The van der Waals surface area contributed by atoms with Crippen LogP contribution in [0.5, 0.6) is 0 Å². The van der Waals surface area contributed by atoms with E-state index in [-0.39, 0.29) is 24.1 Å². The first-order chi connectivity index (χ1) is 17.5. The second-order valence-corrected chi connectivity index (χ2v) is 10.1. The minimum absolute atomic E-state index is 0.00932. The summed E-state index contributed by atoms with van der Waals surface area (Å²) in [5.74, 6) is -3.35. The molecule has 0 radical (unpaired) electrons. The summed E-state index contributed by atoms with van der Waals surface area (Å²) in [5.41, 5.74) is 2.97. The molecule has 0 aliphatic carbocycles. The van der Waals surface area contributed by atoms with Gasteiger partial charge in [0.15, 0.2) is 11.6 Å². The Morgan fingerprint density at radius 2 is 1.68 bits per heavy atom. The number of fused-ring (bicyclic) bond motifs is 1. The molecule has 1 unspecified atom stereocenters. The first kappa shape index (κ1) is 26.1. The summed E-state index contributed by atoms with van der Waals surface area (Å²) < 4.78 is 29.2. The molecule has 4 rings (SSSR count). The zero-order valence-corrected chi connectivity index (χ0v) is 21.3. The maximum atomic E-state index is 13.7. The average molecular weight is 505 g/mol. The second-order valence-electron chi connectivity index (χ2n) is 10.1. The van der Waals surface area contributed by atoms with E-state index in [2.05, 4.69) is 16.8 Å². The molecule has 192 valence electrons. The quantitative estimate of drug-likeness (QED) is 0.289. The normalized spacial score (nSPS) is 12.5. The molecule has 0 saturated carbocycles. The Hall–Kier alpha value is -4.00. The third kappa shape index (κ3) is 5.12. The number of carbonyl (C=O) groups is 2. The molecule has 2 N–H and O–H groups in total. The van der Waals surface area contributed by atoms with Crippen molar-refractivity contribution in [2.75, 3.05) is 0 Å². The third-order valence-corrected chi connectivity index (χ3v) is 6.51. The number of nitrogens with one attached hydrogen (secondary N) is 1. The summed E-state index contributed by atoms with van der Waals surface area (Å²) in [6, 6.07) is 18.1. The van der Waals surface area contributed by atoms with Gasteiger partial charge in [0.2, 0.25) is 0 Å². The zero-order chi connectivity index (χ0) is 26.9. The Morgan fingerprint density at radius 3 is 2.27 bits per heavy atom. The number of halogens is 2. The average Bonchev–Trinajstić information content (AvgIpc) is 3.21. The van der Waals surface area contributed by atoms with E-state index in [0.29, 0.717) is 28.5 Å². The van der Waals surface area contributed by atoms with Crippen LogP contribution in [-0.2, 0) is 12.0 Å². The van der Waals surface area contributed by atoms with Gasteiger partial charge in [-0.15, -0.1) is 0 Å². The summed E-state index contributed by atoms with van der Waals surface area (Å²) in [6.45, 7) is 8.11. The van der Waals surface area contributed by atoms with E-state index in [1.165, 1.54) is 12.1 Å². The molecular formula is C30H30F2N2O3. The number of hydrogen-bond acceptors (Lipinski definition) is 2. The van der Waals surface area contributed by atoms with Gasteiger partial charge in [-0.1, -0.05) is 70.2 Å². The molecule has 37 heavy (non-hydrogen) atoms. The summed E-state index contributed by atoms with van der Waals surface area (Å²) >= 11 is 0. The smallest absolute Gasteiger partial charge is 0.335 e. The van der Waals surface area contributed by atoms with Crippen LogP contribution < -0.4 is 5.32 Å². The number of carboxylic acids is 1. The first-order valence-electron chi connectivity index (χ1n) is 12.2. The van der Waals surface area contributed by atoms with Crippen molar-refractivity contribution in [3.63, 3.8) is 0 Å². The Bertz CT molecular complexity index is 1470. The summed E-state index contributed by atoms with van der Waals surface area (Å²) in [7, 11) is 0. The molecule has 7 heteroatoms. The Morgan fingerprint density at radius 1 is 0.973 bits per heavy atom. The third-order valence-electron chi connectivity index (χ3n) is 6.51. The molecule has 0 aliphatic heterocycles. The van der Waals surface area contributed by atoms with Gasteiger partial charge in [-0.25, -0.2) is 13.6 Å². The van der Waals surface area contributed by atoms with Crippen LogP contribution >= 0.6 is 0 Å². The van der Waals surface area contributed by atoms with E-state index in [0.717, 1.165) is 23.4 Å². The molecule has 1 amide bonds. The molecule has 0 spiro atoms. The number of hydrogen-bond donors (Lipinski definition) is 2. The van der Waals surface area contributed by atoms with Crippen molar-refractivity contribution in [1.82, 2.24) is 9.88 Å². The number of carbonyl (C=O) groups excluding carboxylic acids is 1. The van der Waals surface area contributed by atoms with Gasteiger partial charge < -0.3 is 15.0 Å². The molecule has 0 aliphatic rings. The maximum Gasteiger partial charge on any atom is 0.335 e. The topological polar surface area (TPSA) is 71.3 Å². The Labute approximate surface area is 214 Å². The minimum atomic E-state index is -1.05. The van der Waals surface area contributed by atoms with Crippen LogP contribution in [0.1, 0.15) is 77.7 Å². The van der Waals surface area contributed by atoms with Crippen molar-refractivity contribution < 1.29 is 23.5 Å². The van der Waals surface area contributed by atoms with Crippen molar-refractivity contribution in [1.29, 1.82) is 0 Å². The van der Waals surface area contributed by atoms with Crippen LogP contribution in [0, 0.1) is 11.6 Å². The number of amides is 1. The van der Waals surface area contributed by atoms with Gasteiger partial charge in [0.1, 0.15) is 0 Å². The number of aromatic nitrogens is 1. The van der Waals surface area contributed by atoms with Gasteiger partial charge in [0.05, 0.1) is 22.7 Å². The van der Waals surface area contributed by atoms with Gasteiger partial charge in [-0.2, -0.15) is 0 Å².